The fraction of sp³-hybridized carbons (Fsp3) is 0.278. The molecule has 1 aliphatic rings. The molecule has 3 nitrogen and oxygen atoms in total. The zero-order chi connectivity index (χ0) is 16.4. The van der Waals surface area contributed by atoms with Gasteiger partial charge < -0.3 is 11.1 Å². The van der Waals surface area contributed by atoms with E-state index in [2.05, 4.69) is 16.4 Å². The summed E-state index contributed by atoms with van der Waals surface area (Å²) in [7, 11) is 0. The minimum atomic E-state index is -2.82. The van der Waals surface area contributed by atoms with E-state index in [0.29, 0.717) is 12.4 Å². The van der Waals surface area contributed by atoms with E-state index in [4.69, 9.17) is 5.73 Å². The Balaban J connectivity index is 1.77. The number of fused-ring (bicyclic) bond motifs is 1. The molecule has 0 aromatic heterocycles. The highest BCUT2D eigenvalue weighted by molar-refractivity contribution is 5.99. The highest BCUT2D eigenvalue weighted by Gasteiger charge is 2.23. The van der Waals surface area contributed by atoms with Crippen LogP contribution in [0.15, 0.2) is 47.5 Å². The van der Waals surface area contributed by atoms with Gasteiger partial charge in [0.25, 0.3) is 5.92 Å². The van der Waals surface area contributed by atoms with E-state index in [1.165, 1.54) is 23.3 Å². The standard InChI is InChI=1S/C18H19F2N3/c1-18(19,20)14-7-5-12(6-8-14)9-23-17(21)15-4-2-3-13-10-22-11-16(13)15/h2-8,22H,9-11H2,1H3,(H2,21,23). The van der Waals surface area contributed by atoms with Crippen molar-refractivity contribution in [1.82, 2.24) is 5.32 Å². The number of halogens is 2. The van der Waals surface area contributed by atoms with E-state index >= 15 is 0 Å². The maximum absolute atomic E-state index is 13.2. The van der Waals surface area contributed by atoms with Gasteiger partial charge >= 0.3 is 0 Å². The van der Waals surface area contributed by atoms with Crippen LogP contribution in [0.1, 0.15) is 34.7 Å². The molecule has 0 amide bonds. The lowest BCUT2D eigenvalue weighted by molar-refractivity contribution is 0.0174. The molecule has 0 saturated carbocycles. The average molecular weight is 315 g/mol. The summed E-state index contributed by atoms with van der Waals surface area (Å²) in [5, 5.41) is 3.30. The molecule has 3 N–H and O–H groups in total. The van der Waals surface area contributed by atoms with E-state index in [0.717, 1.165) is 31.1 Å². The van der Waals surface area contributed by atoms with Crippen molar-refractivity contribution in [3.05, 3.63) is 70.3 Å². The Morgan fingerprint density at radius 3 is 2.61 bits per heavy atom. The van der Waals surface area contributed by atoms with Crippen LogP contribution in [0.25, 0.3) is 0 Å². The molecule has 2 aromatic rings. The normalized spacial score (nSPS) is 14.8. The van der Waals surface area contributed by atoms with Gasteiger partial charge in [0, 0.05) is 31.1 Å². The number of nitrogens with zero attached hydrogens (tertiary/aromatic N) is 1. The molecule has 3 rings (SSSR count). The molecule has 120 valence electrons. The van der Waals surface area contributed by atoms with Crippen LogP contribution in [0.2, 0.25) is 0 Å². The summed E-state index contributed by atoms with van der Waals surface area (Å²) in [4.78, 5) is 4.41. The van der Waals surface area contributed by atoms with Crippen LogP contribution in [-0.2, 0) is 25.6 Å². The zero-order valence-corrected chi connectivity index (χ0v) is 12.9. The van der Waals surface area contributed by atoms with Crippen LogP contribution >= 0.6 is 0 Å². The van der Waals surface area contributed by atoms with Gasteiger partial charge in [-0.15, -0.1) is 0 Å². The van der Waals surface area contributed by atoms with E-state index in [-0.39, 0.29) is 5.56 Å². The number of aliphatic imine (C=N–C) groups is 1. The van der Waals surface area contributed by atoms with E-state index in [1.807, 2.05) is 12.1 Å². The summed E-state index contributed by atoms with van der Waals surface area (Å²) in [5.74, 6) is -2.34. The second kappa shape index (κ2) is 6.08. The zero-order valence-electron chi connectivity index (χ0n) is 12.9. The molecule has 2 aromatic carbocycles. The number of nitrogens with two attached hydrogens (primary N) is 1. The summed E-state index contributed by atoms with van der Waals surface area (Å²) in [6.07, 6.45) is 0. The first-order valence-corrected chi connectivity index (χ1v) is 7.54. The van der Waals surface area contributed by atoms with Gasteiger partial charge in [0.2, 0.25) is 0 Å². The van der Waals surface area contributed by atoms with Crippen LogP contribution in [0.4, 0.5) is 8.78 Å². The van der Waals surface area contributed by atoms with E-state index in [9.17, 15) is 8.78 Å². The second-order valence-corrected chi connectivity index (χ2v) is 5.83. The molecule has 0 saturated heterocycles. The van der Waals surface area contributed by atoms with Crippen LogP contribution < -0.4 is 11.1 Å². The predicted octanol–water partition coefficient (Wildman–Crippen LogP) is 3.31. The monoisotopic (exact) mass is 315 g/mol. The van der Waals surface area contributed by atoms with E-state index < -0.39 is 5.92 Å². The van der Waals surface area contributed by atoms with Gasteiger partial charge in [0.1, 0.15) is 5.84 Å². The molecule has 0 aliphatic carbocycles. The summed E-state index contributed by atoms with van der Waals surface area (Å²) < 4.78 is 26.4. The first-order chi connectivity index (χ1) is 10.9. The topological polar surface area (TPSA) is 50.4 Å². The smallest absolute Gasteiger partial charge is 0.270 e. The molecule has 0 radical (unpaired) electrons. The summed E-state index contributed by atoms with van der Waals surface area (Å²) in [6, 6.07) is 12.2. The SMILES string of the molecule is CC(F)(F)c1ccc(CN=C(N)c2cccc3c2CNC3)cc1. The Morgan fingerprint density at radius 1 is 1.17 bits per heavy atom. The lowest BCUT2D eigenvalue weighted by Crippen LogP contribution is -2.16. The van der Waals surface area contributed by atoms with Gasteiger partial charge in [0.15, 0.2) is 0 Å². The summed E-state index contributed by atoms with van der Waals surface area (Å²) >= 11 is 0. The Kier molecular flexibility index (Phi) is 4.13. The van der Waals surface area contributed by atoms with Crippen LogP contribution in [0.5, 0.6) is 0 Å². The van der Waals surface area contributed by atoms with Crippen molar-refractivity contribution in [3.63, 3.8) is 0 Å². The number of alkyl halides is 2. The maximum Gasteiger partial charge on any atom is 0.270 e. The summed E-state index contributed by atoms with van der Waals surface area (Å²) in [5.41, 5.74) is 10.4. The lowest BCUT2D eigenvalue weighted by Gasteiger charge is -2.11. The third kappa shape index (κ3) is 3.40. The Hall–Kier alpha value is -2.27. The van der Waals surface area contributed by atoms with Crippen LogP contribution in [0, 0.1) is 0 Å². The lowest BCUT2D eigenvalue weighted by atomic mass is 10.0. The van der Waals surface area contributed by atoms with Crippen molar-refractivity contribution in [1.29, 1.82) is 0 Å². The molecule has 0 unspecified atom stereocenters. The third-order valence-electron chi connectivity index (χ3n) is 4.06. The van der Waals surface area contributed by atoms with Gasteiger partial charge in [0.05, 0.1) is 6.54 Å². The first-order valence-electron chi connectivity index (χ1n) is 7.54. The molecule has 0 atom stereocenters. The molecular formula is C18H19F2N3. The molecular weight excluding hydrogens is 296 g/mol. The first kappa shape index (κ1) is 15.6. The van der Waals surface area contributed by atoms with Crippen LogP contribution in [0.3, 0.4) is 0 Å². The van der Waals surface area contributed by atoms with Crippen LogP contribution in [-0.4, -0.2) is 5.84 Å². The Bertz CT molecular complexity index is 731. The molecule has 23 heavy (non-hydrogen) atoms. The van der Waals surface area contributed by atoms with Crippen molar-refractivity contribution in [2.75, 3.05) is 0 Å². The van der Waals surface area contributed by atoms with Crippen molar-refractivity contribution in [2.45, 2.75) is 32.5 Å². The van der Waals surface area contributed by atoms with Crippen molar-refractivity contribution < 1.29 is 8.78 Å². The number of hydrogen-bond acceptors (Lipinski definition) is 2. The third-order valence-corrected chi connectivity index (χ3v) is 4.06. The highest BCUT2D eigenvalue weighted by Crippen LogP contribution is 2.27. The minimum Gasteiger partial charge on any atom is -0.383 e. The largest absolute Gasteiger partial charge is 0.383 e. The van der Waals surface area contributed by atoms with Gasteiger partial charge in [-0.2, -0.15) is 0 Å². The predicted molar refractivity (Wildman–Crippen MR) is 87.4 cm³/mol. The number of benzene rings is 2. The fourth-order valence-electron chi connectivity index (χ4n) is 2.74. The molecule has 1 heterocycles. The molecule has 0 spiro atoms. The number of hydrogen-bond donors (Lipinski definition) is 2. The second-order valence-electron chi connectivity index (χ2n) is 5.83. The van der Waals surface area contributed by atoms with Gasteiger partial charge in [-0.3, -0.25) is 4.99 Å². The molecule has 1 aliphatic heterocycles. The highest BCUT2D eigenvalue weighted by atomic mass is 19.3. The molecule has 0 fully saturated rings. The number of rotatable bonds is 4. The maximum atomic E-state index is 13.2. The fourth-order valence-corrected chi connectivity index (χ4v) is 2.74. The van der Waals surface area contributed by atoms with Gasteiger partial charge in [-0.05, 0) is 16.7 Å². The number of amidine groups is 1. The number of nitrogens with one attached hydrogen (secondary N) is 1. The van der Waals surface area contributed by atoms with Gasteiger partial charge in [-0.1, -0.05) is 42.5 Å². The minimum absolute atomic E-state index is 0.00477. The van der Waals surface area contributed by atoms with Crippen molar-refractivity contribution >= 4 is 5.84 Å². The average Bonchev–Trinajstić information content (AvgIpc) is 3.00. The van der Waals surface area contributed by atoms with Crippen molar-refractivity contribution in [2.24, 2.45) is 10.7 Å². The van der Waals surface area contributed by atoms with Gasteiger partial charge in [-0.25, -0.2) is 8.78 Å². The Labute approximate surface area is 134 Å². The molecule has 5 heteroatoms. The quantitative estimate of drug-likeness (QED) is 0.672. The molecule has 0 bridgehead atoms. The summed E-state index contributed by atoms with van der Waals surface area (Å²) in [6.45, 7) is 2.91. The Morgan fingerprint density at radius 2 is 1.91 bits per heavy atom. The van der Waals surface area contributed by atoms with E-state index in [1.54, 1.807) is 12.1 Å². The van der Waals surface area contributed by atoms with Crippen molar-refractivity contribution in [3.8, 4) is 0 Å².